The minimum absolute atomic E-state index is 0.176. The molecule has 1 aromatic heterocycles. The smallest absolute Gasteiger partial charge is 0.339 e. The van der Waals surface area contributed by atoms with E-state index in [1.54, 1.807) is 13.2 Å². The summed E-state index contributed by atoms with van der Waals surface area (Å²) in [4.78, 5) is 11.7. The summed E-state index contributed by atoms with van der Waals surface area (Å²) in [5.74, 6) is 0.801. The van der Waals surface area contributed by atoms with Crippen LogP contribution in [0.4, 0.5) is 0 Å². The van der Waals surface area contributed by atoms with Crippen LogP contribution < -0.4 is 10.4 Å². The Morgan fingerprint density at radius 3 is 2.88 bits per heavy atom. The molecule has 0 spiro atoms. The quantitative estimate of drug-likeness (QED) is 0.686. The van der Waals surface area contributed by atoms with Crippen molar-refractivity contribution in [1.29, 1.82) is 0 Å². The fourth-order valence-corrected chi connectivity index (χ4v) is 2.39. The van der Waals surface area contributed by atoms with Gasteiger partial charge in [0.2, 0.25) is 0 Å². The van der Waals surface area contributed by atoms with Crippen molar-refractivity contribution in [3.8, 4) is 5.75 Å². The van der Waals surface area contributed by atoms with Gasteiger partial charge < -0.3 is 9.15 Å². The first-order valence-electron chi connectivity index (χ1n) is 5.42. The van der Waals surface area contributed by atoms with E-state index >= 15 is 0 Å². The number of fused-ring (bicyclic) bond motifs is 3. The Kier molecular flexibility index (Phi) is 1.99. The van der Waals surface area contributed by atoms with Crippen molar-refractivity contribution in [3.63, 3.8) is 0 Å². The summed E-state index contributed by atoms with van der Waals surface area (Å²) < 4.78 is 10.5. The van der Waals surface area contributed by atoms with Gasteiger partial charge in [0.15, 0.2) is 0 Å². The third-order valence-corrected chi connectivity index (χ3v) is 3.18. The first-order chi connectivity index (χ1) is 7.79. The van der Waals surface area contributed by atoms with Gasteiger partial charge in [-0.2, -0.15) is 0 Å². The largest absolute Gasteiger partial charge is 0.497 e. The molecule has 0 saturated heterocycles. The fraction of sp³-hybridized carbons (Fsp3) is 0.308. The molecule has 0 N–H and O–H groups in total. The molecule has 3 rings (SSSR count). The fourth-order valence-electron chi connectivity index (χ4n) is 2.39. The number of ether oxygens (including phenoxy) is 1. The summed E-state index contributed by atoms with van der Waals surface area (Å²) in [6.07, 6.45) is 2.84. The van der Waals surface area contributed by atoms with Crippen LogP contribution in [0.1, 0.15) is 17.5 Å². The highest BCUT2D eigenvalue weighted by Crippen LogP contribution is 2.29. The molecule has 3 nitrogen and oxygen atoms in total. The lowest BCUT2D eigenvalue weighted by Gasteiger charge is -2.05. The monoisotopic (exact) mass is 216 g/mol. The summed E-state index contributed by atoms with van der Waals surface area (Å²) in [6, 6.07) is 5.56. The molecule has 0 unspecified atom stereocenters. The van der Waals surface area contributed by atoms with Crippen LogP contribution in [0.3, 0.4) is 0 Å². The van der Waals surface area contributed by atoms with Gasteiger partial charge in [-0.05, 0) is 43.0 Å². The van der Waals surface area contributed by atoms with Crippen LogP contribution in [0.15, 0.2) is 27.4 Å². The normalized spacial score (nSPS) is 14.1. The minimum Gasteiger partial charge on any atom is -0.497 e. The third kappa shape index (κ3) is 1.24. The molecule has 82 valence electrons. The number of benzene rings is 1. The highest BCUT2D eigenvalue weighted by molar-refractivity contribution is 5.83. The molecule has 0 saturated carbocycles. The van der Waals surface area contributed by atoms with Gasteiger partial charge in [0.05, 0.1) is 7.11 Å². The molecular weight excluding hydrogens is 204 g/mol. The Bertz CT molecular complexity index is 610. The van der Waals surface area contributed by atoms with E-state index in [9.17, 15) is 4.79 Å². The Hall–Kier alpha value is -1.77. The number of methoxy groups -OCH3 is 1. The lowest BCUT2D eigenvalue weighted by Crippen LogP contribution is -2.06. The van der Waals surface area contributed by atoms with Crippen molar-refractivity contribution in [2.45, 2.75) is 19.3 Å². The number of aryl methyl sites for hydroxylation is 1. The molecule has 1 aliphatic carbocycles. The van der Waals surface area contributed by atoms with Gasteiger partial charge in [0, 0.05) is 10.9 Å². The molecular formula is C13H12O3. The van der Waals surface area contributed by atoms with Crippen LogP contribution in [0.25, 0.3) is 11.0 Å². The second-order valence-corrected chi connectivity index (χ2v) is 4.06. The molecule has 2 aromatic rings. The Morgan fingerprint density at radius 1 is 1.25 bits per heavy atom. The summed E-state index contributed by atoms with van der Waals surface area (Å²) >= 11 is 0. The van der Waals surface area contributed by atoms with Crippen molar-refractivity contribution in [1.82, 2.24) is 0 Å². The molecule has 1 aromatic carbocycles. The molecule has 3 heteroatoms. The molecule has 0 fully saturated rings. The average molecular weight is 216 g/mol. The van der Waals surface area contributed by atoms with Crippen molar-refractivity contribution >= 4 is 11.0 Å². The van der Waals surface area contributed by atoms with Crippen molar-refractivity contribution in [2.75, 3.05) is 7.11 Å². The Labute approximate surface area is 92.6 Å². The van der Waals surface area contributed by atoms with Gasteiger partial charge in [-0.1, -0.05) is 0 Å². The Balaban J connectivity index is 2.40. The summed E-state index contributed by atoms with van der Waals surface area (Å²) in [5, 5.41) is 1.02. The minimum atomic E-state index is -0.176. The van der Waals surface area contributed by atoms with Crippen LogP contribution in [0, 0.1) is 0 Å². The summed E-state index contributed by atoms with van der Waals surface area (Å²) in [6.45, 7) is 0. The topological polar surface area (TPSA) is 39.4 Å². The second-order valence-electron chi connectivity index (χ2n) is 4.06. The third-order valence-electron chi connectivity index (χ3n) is 3.18. The second kappa shape index (κ2) is 3.37. The van der Waals surface area contributed by atoms with Gasteiger partial charge >= 0.3 is 5.63 Å². The van der Waals surface area contributed by atoms with E-state index in [4.69, 9.17) is 9.15 Å². The van der Waals surface area contributed by atoms with Crippen LogP contribution in [0.2, 0.25) is 0 Å². The van der Waals surface area contributed by atoms with E-state index in [-0.39, 0.29) is 5.63 Å². The zero-order valence-electron chi connectivity index (χ0n) is 9.08. The molecule has 1 aliphatic rings. The maximum absolute atomic E-state index is 11.7. The highest BCUT2D eigenvalue weighted by Gasteiger charge is 2.19. The first kappa shape index (κ1) is 9.46. The van der Waals surface area contributed by atoms with Crippen molar-refractivity contribution in [2.24, 2.45) is 0 Å². The highest BCUT2D eigenvalue weighted by atomic mass is 16.5. The molecule has 1 heterocycles. The van der Waals surface area contributed by atoms with Crippen LogP contribution in [-0.4, -0.2) is 7.11 Å². The maximum Gasteiger partial charge on any atom is 0.339 e. The van der Waals surface area contributed by atoms with E-state index in [1.807, 2.05) is 12.1 Å². The average Bonchev–Trinajstić information content (AvgIpc) is 2.78. The van der Waals surface area contributed by atoms with Gasteiger partial charge in [-0.15, -0.1) is 0 Å². The van der Waals surface area contributed by atoms with E-state index in [1.165, 1.54) is 0 Å². The van der Waals surface area contributed by atoms with Gasteiger partial charge in [0.25, 0.3) is 0 Å². The summed E-state index contributed by atoms with van der Waals surface area (Å²) in [7, 11) is 1.64. The maximum atomic E-state index is 11.7. The first-order valence-corrected chi connectivity index (χ1v) is 5.42. The van der Waals surface area contributed by atoms with Crippen LogP contribution in [0.5, 0.6) is 5.75 Å². The zero-order chi connectivity index (χ0) is 11.1. The molecule has 0 radical (unpaired) electrons. The molecule has 0 bridgehead atoms. The standard InChI is InChI=1S/C13H12O3/c1-15-8-5-6-12-11(7-8)9-3-2-4-10(9)13(14)16-12/h5-7H,2-4H2,1H3. The lowest BCUT2D eigenvalue weighted by molar-refractivity contribution is 0.415. The predicted molar refractivity (Wildman–Crippen MR) is 61.1 cm³/mol. The SMILES string of the molecule is COc1ccc2oc(=O)c3c(c2c1)CCC3. The Morgan fingerprint density at radius 2 is 2.06 bits per heavy atom. The van der Waals surface area contributed by atoms with E-state index < -0.39 is 0 Å². The molecule has 0 aliphatic heterocycles. The van der Waals surface area contributed by atoms with Crippen molar-refractivity contribution < 1.29 is 9.15 Å². The van der Waals surface area contributed by atoms with E-state index in [0.29, 0.717) is 5.58 Å². The summed E-state index contributed by atoms with van der Waals surface area (Å²) in [5.41, 5.74) is 2.47. The molecule has 16 heavy (non-hydrogen) atoms. The zero-order valence-corrected chi connectivity index (χ0v) is 9.08. The van der Waals surface area contributed by atoms with E-state index in [0.717, 1.165) is 41.5 Å². The van der Waals surface area contributed by atoms with Gasteiger partial charge in [-0.3, -0.25) is 0 Å². The number of hydrogen-bond acceptors (Lipinski definition) is 3. The van der Waals surface area contributed by atoms with Gasteiger partial charge in [-0.25, -0.2) is 4.79 Å². The van der Waals surface area contributed by atoms with Crippen LogP contribution >= 0.6 is 0 Å². The predicted octanol–water partition coefficient (Wildman–Crippen LogP) is 2.29. The van der Waals surface area contributed by atoms with E-state index in [2.05, 4.69) is 0 Å². The van der Waals surface area contributed by atoms with Crippen molar-refractivity contribution in [3.05, 3.63) is 39.7 Å². The molecule has 0 atom stereocenters. The number of rotatable bonds is 1. The van der Waals surface area contributed by atoms with Crippen LogP contribution in [-0.2, 0) is 12.8 Å². The number of hydrogen-bond donors (Lipinski definition) is 0. The van der Waals surface area contributed by atoms with Gasteiger partial charge in [0.1, 0.15) is 11.3 Å². The lowest BCUT2D eigenvalue weighted by atomic mass is 10.1. The molecule has 0 amide bonds.